The van der Waals surface area contributed by atoms with Crippen molar-refractivity contribution in [1.82, 2.24) is 0 Å². The minimum atomic E-state index is -0.0163. The Bertz CT molecular complexity index is 213. The van der Waals surface area contributed by atoms with Crippen LogP contribution < -0.4 is 10.6 Å². The summed E-state index contributed by atoms with van der Waals surface area (Å²) in [5, 5.41) is 0. The van der Waals surface area contributed by atoms with E-state index in [-0.39, 0.29) is 6.10 Å². The molecule has 0 saturated carbocycles. The van der Waals surface area contributed by atoms with Crippen molar-refractivity contribution in [1.29, 1.82) is 0 Å². The Balaban J connectivity index is 2.41. The van der Waals surface area contributed by atoms with Crippen LogP contribution in [0.2, 0.25) is 0 Å². The summed E-state index contributed by atoms with van der Waals surface area (Å²) < 4.78 is 5.45. The SMILES string of the molecule is CC(CON)Oc1ccccc1. The molecule has 0 radical (unpaired) electrons. The van der Waals surface area contributed by atoms with Gasteiger partial charge in [-0.25, -0.2) is 5.90 Å². The first-order chi connectivity index (χ1) is 5.83. The second kappa shape index (κ2) is 4.74. The van der Waals surface area contributed by atoms with E-state index in [1.807, 2.05) is 37.3 Å². The molecule has 12 heavy (non-hydrogen) atoms. The van der Waals surface area contributed by atoms with Crippen molar-refractivity contribution in [2.75, 3.05) is 6.61 Å². The van der Waals surface area contributed by atoms with Gasteiger partial charge in [-0.3, -0.25) is 0 Å². The van der Waals surface area contributed by atoms with E-state index in [1.54, 1.807) is 0 Å². The van der Waals surface area contributed by atoms with Crippen molar-refractivity contribution in [3.63, 3.8) is 0 Å². The van der Waals surface area contributed by atoms with Gasteiger partial charge >= 0.3 is 0 Å². The molecule has 0 saturated heterocycles. The molecule has 1 aromatic carbocycles. The smallest absolute Gasteiger partial charge is 0.121 e. The van der Waals surface area contributed by atoms with Gasteiger partial charge in [0.05, 0.1) is 0 Å². The molecule has 3 heteroatoms. The van der Waals surface area contributed by atoms with Crippen LogP contribution in [0, 0.1) is 0 Å². The second-order valence-corrected chi connectivity index (χ2v) is 2.57. The average Bonchev–Trinajstić information content (AvgIpc) is 2.06. The molecule has 0 heterocycles. The molecule has 0 bridgehead atoms. The monoisotopic (exact) mass is 167 g/mol. The standard InChI is InChI=1S/C9H13NO2/c1-8(7-11-10)12-9-5-3-2-4-6-9/h2-6,8H,7,10H2,1H3. The van der Waals surface area contributed by atoms with E-state index in [9.17, 15) is 0 Å². The molecule has 0 aromatic heterocycles. The fourth-order valence-corrected chi connectivity index (χ4v) is 0.901. The highest BCUT2D eigenvalue weighted by Gasteiger charge is 2.01. The first-order valence-corrected chi connectivity index (χ1v) is 3.86. The fraction of sp³-hybridized carbons (Fsp3) is 0.333. The predicted molar refractivity (Wildman–Crippen MR) is 46.7 cm³/mol. The summed E-state index contributed by atoms with van der Waals surface area (Å²) in [6, 6.07) is 9.58. The Hall–Kier alpha value is -1.06. The first kappa shape index (κ1) is 9.03. The normalized spacial score (nSPS) is 12.5. The molecule has 3 nitrogen and oxygen atoms in total. The van der Waals surface area contributed by atoms with E-state index in [4.69, 9.17) is 10.6 Å². The number of nitrogens with two attached hydrogens (primary N) is 1. The first-order valence-electron chi connectivity index (χ1n) is 3.86. The Kier molecular flexibility index (Phi) is 3.57. The van der Waals surface area contributed by atoms with Gasteiger partial charge in [0.2, 0.25) is 0 Å². The number of benzene rings is 1. The highest BCUT2D eigenvalue weighted by molar-refractivity contribution is 5.21. The highest BCUT2D eigenvalue weighted by Crippen LogP contribution is 2.10. The lowest BCUT2D eigenvalue weighted by Crippen LogP contribution is -2.21. The number of para-hydroxylation sites is 1. The summed E-state index contributed by atoms with van der Waals surface area (Å²) >= 11 is 0. The van der Waals surface area contributed by atoms with Gasteiger partial charge < -0.3 is 9.57 Å². The van der Waals surface area contributed by atoms with E-state index in [0.29, 0.717) is 6.61 Å². The largest absolute Gasteiger partial charge is 0.488 e. The minimum Gasteiger partial charge on any atom is -0.488 e. The van der Waals surface area contributed by atoms with Gasteiger partial charge in [-0.2, -0.15) is 0 Å². The fourth-order valence-electron chi connectivity index (χ4n) is 0.901. The number of hydrogen-bond donors (Lipinski definition) is 1. The molecule has 0 aliphatic rings. The van der Waals surface area contributed by atoms with Crippen LogP contribution in [-0.4, -0.2) is 12.7 Å². The quantitative estimate of drug-likeness (QED) is 0.688. The molecule has 0 spiro atoms. The summed E-state index contributed by atoms with van der Waals surface area (Å²) in [5.41, 5.74) is 0. The molecule has 2 N–H and O–H groups in total. The van der Waals surface area contributed by atoms with Crippen LogP contribution in [0.4, 0.5) is 0 Å². The highest BCUT2D eigenvalue weighted by atomic mass is 16.6. The Morgan fingerprint density at radius 3 is 2.58 bits per heavy atom. The van der Waals surface area contributed by atoms with Crippen LogP contribution >= 0.6 is 0 Å². The van der Waals surface area contributed by atoms with Gasteiger partial charge in [-0.1, -0.05) is 18.2 Å². The van der Waals surface area contributed by atoms with Crippen molar-refractivity contribution in [2.45, 2.75) is 13.0 Å². The predicted octanol–water partition coefficient (Wildman–Crippen LogP) is 1.34. The number of rotatable bonds is 4. The zero-order valence-electron chi connectivity index (χ0n) is 7.07. The van der Waals surface area contributed by atoms with Gasteiger partial charge in [0.1, 0.15) is 18.5 Å². The van der Waals surface area contributed by atoms with E-state index >= 15 is 0 Å². The van der Waals surface area contributed by atoms with Gasteiger partial charge in [0.25, 0.3) is 0 Å². The molecule has 1 atom stereocenters. The third-order valence-corrected chi connectivity index (χ3v) is 1.41. The summed E-state index contributed by atoms with van der Waals surface area (Å²) in [5.74, 6) is 5.74. The van der Waals surface area contributed by atoms with Crippen LogP contribution in [0.5, 0.6) is 5.75 Å². The van der Waals surface area contributed by atoms with Crippen LogP contribution in [0.3, 0.4) is 0 Å². The molecular formula is C9H13NO2. The molecule has 66 valence electrons. The molecule has 1 aromatic rings. The van der Waals surface area contributed by atoms with Crippen molar-refractivity contribution in [3.8, 4) is 5.75 Å². The van der Waals surface area contributed by atoms with Crippen molar-refractivity contribution in [2.24, 2.45) is 5.90 Å². The van der Waals surface area contributed by atoms with Gasteiger partial charge in [-0.15, -0.1) is 0 Å². The Morgan fingerprint density at radius 2 is 2.00 bits per heavy atom. The van der Waals surface area contributed by atoms with Crippen LogP contribution in [0.1, 0.15) is 6.92 Å². The second-order valence-electron chi connectivity index (χ2n) is 2.57. The summed E-state index contributed by atoms with van der Waals surface area (Å²) in [7, 11) is 0. The molecular weight excluding hydrogens is 154 g/mol. The molecule has 1 unspecified atom stereocenters. The zero-order valence-corrected chi connectivity index (χ0v) is 7.07. The van der Waals surface area contributed by atoms with Crippen LogP contribution in [-0.2, 0) is 4.84 Å². The van der Waals surface area contributed by atoms with E-state index in [1.165, 1.54) is 0 Å². The molecule has 0 aliphatic heterocycles. The van der Waals surface area contributed by atoms with Crippen LogP contribution in [0.15, 0.2) is 30.3 Å². The van der Waals surface area contributed by atoms with Gasteiger partial charge in [0.15, 0.2) is 0 Å². The van der Waals surface area contributed by atoms with E-state index < -0.39 is 0 Å². The van der Waals surface area contributed by atoms with Crippen molar-refractivity contribution < 1.29 is 9.57 Å². The summed E-state index contributed by atoms with van der Waals surface area (Å²) in [6.45, 7) is 2.30. The zero-order chi connectivity index (χ0) is 8.81. The third kappa shape index (κ3) is 2.90. The lowest BCUT2D eigenvalue weighted by atomic mass is 10.3. The molecule has 0 fully saturated rings. The maximum absolute atomic E-state index is 5.45. The molecule has 0 aliphatic carbocycles. The molecule has 0 amide bonds. The number of hydrogen-bond acceptors (Lipinski definition) is 3. The van der Waals surface area contributed by atoms with Gasteiger partial charge in [0, 0.05) is 0 Å². The Labute approximate surface area is 72.0 Å². The van der Waals surface area contributed by atoms with E-state index in [0.717, 1.165) is 5.75 Å². The minimum absolute atomic E-state index is 0.0163. The summed E-state index contributed by atoms with van der Waals surface area (Å²) in [4.78, 5) is 4.45. The van der Waals surface area contributed by atoms with E-state index in [2.05, 4.69) is 4.84 Å². The van der Waals surface area contributed by atoms with Gasteiger partial charge in [-0.05, 0) is 19.1 Å². The average molecular weight is 167 g/mol. The summed E-state index contributed by atoms with van der Waals surface area (Å²) in [6.07, 6.45) is -0.0163. The lowest BCUT2D eigenvalue weighted by Gasteiger charge is -2.12. The maximum Gasteiger partial charge on any atom is 0.121 e. The molecule has 1 rings (SSSR count). The lowest BCUT2D eigenvalue weighted by molar-refractivity contribution is 0.0589. The third-order valence-electron chi connectivity index (χ3n) is 1.41. The maximum atomic E-state index is 5.45. The topological polar surface area (TPSA) is 44.5 Å². The van der Waals surface area contributed by atoms with Crippen molar-refractivity contribution in [3.05, 3.63) is 30.3 Å². The van der Waals surface area contributed by atoms with Crippen LogP contribution in [0.25, 0.3) is 0 Å². The Morgan fingerprint density at radius 1 is 1.33 bits per heavy atom. The number of ether oxygens (including phenoxy) is 1. The van der Waals surface area contributed by atoms with Crippen molar-refractivity contribution >= 4 is 0 Å².